The zero-order valence-electron chi connectivity index (χ0n) is 28.1. The Balaban J connectivity index is 0.000000376. The number of fused-ring (bicyclic) bond motifs is 2. The maximum Gasteiger partial charge on any atom is 0.573 e. The first-order chi connectivity index (χ1) is 25.1. The molecule has 0 saturated carbocycles. The predicted octanol–water partition coefficient (Wildman–Crippen LogP) is 7.47. The summed E-state index contributed by atoms with van der Waals surface area (Å²) in [5.74, 6) is -1.14. The summed E-state index contributed by atoms with van der Waals surface area (Å²) in [4.78, 5) is 19.4. The molecule has 276 valence electrons. The van der Waals surface area contributed by atoms with Crippen LogP contribution in [0.15, 0.2) is 96.2 Å². The highest BCUT2D eigenvalue weighted by molar-refractivity contribution is 7.85. The largest absolute Gasteiger partial charge is 0.573 e. The first-order valence-corrected chi connectivity index (χ1v) is 17.9. The quantitative estimate of drug-likeness (QED) is 0.121. The Morgan fingerprint density at radius 3 is 2.34 bits per heavy atom. The molecule has 7 rings (SSSR count). The maximum absolute atomic E-state index is 15.2. The van der Waals surface area contributed by atoms with Gasteiger partial charge in [0.25, 0.3) is 16.0 Å². The number of anilines is 1. The van der Waals surface area contributed by atoms with Crippen molar-refractivity contribution in [1.29, 1.82) is 0 Å². The van der Waals surface area contributed by atoms with Crippen molar-refractivity contribution in [3.8, 4) is 11.4 Å². The number of benzene rings is 3. The number of carbonyl (C=O) groups is 1. The summed E-state index contributed by atoms with van der Waals surface area (Å²) in [6.07, 6.45) is -0.824. The Kier molecular flexibility index (Phi) is 10.5. The molecule has 0 radical (unpaired) electrons. The summed E-state index contributed by atoms with van der Waals surface area (Å²) >= 11 is 6.12. The average molecular weight is 771 g/mol. The number of carbonyl (C=O) groups excluding carboxylic acids is 1. The molecule has 1 amide bonds. The predicted molar refractivity (Wildman–Crippen MR) is 188 cm³/mol. The summed E-state index contributed by atoms with van der Waals surface area (Å²) in [6, 6.07) is 19.7. The van der Waals surface area contributed by atoms with Gasteiger partial charge >= 0.3 is 6.36 Å². The van der Waals surface area contributed by atoms with Crippen molar-refractivity contribution in [2.24, 2.45) is 0 Å². The number of hydrogen-bond acceptors (Lipinski definition) is 7. The number of alkyl halides is 3. The number of halogens is 5. The lowest BCUT2D eigenvalue weighted by molar-refractivity contribution is -0.274. The minimum absolute atomic E-state index is 0.0666. The van der Waals surface area contributed by atoms with E-state index in [1.807, 2.05) is 18.7 Å². The molecule has 0 saturated heterocycles. The molecule has 4 heterocycles. The number of ether oxygens (including phenoxy) is 1. The van der Waals surface area contributed by atoms with Crippen LogP contribution in [0.2, 0.25) is 5.02 Å². The molecule has 11 nitrogen and oxygen atoms in total. The maximum atomic E-state index is 15.2. The van der Waals surface area contributed by atoms with E-state index in [0.29, 0.717) is 52.8 Å². The van der Waals surface area contributed by atoms with Gasteiger partial charge in [0.15, 0.2) is 0 Å². The van der Waals surface area contributed by atoms with Crippen LogP contribution in [0, 0.1) is 12.7 Å². The van der Waals surface area contributed by atoms with Crippen LogP contribution in [-0.4, -0.2) is 44.4 Å². The molecule has 0 fully saturated rings. The third-order valence-electron chi connectivity index (χ3n) is 8.25. The number of rotatable bonds is 8. The van der Waals surface area contributed by atoms with E-state index in [1.54, 1.807) is 65.3 Å². The smallest absolute Gasteiger partial charge is 0.406 e. The number of aryl methyl sites for hydroxylation is 2. The van der Waals surface area contributed by atoms with Crippen molar-refractivity contribution in [3.05, 3.63) is 136 Å². The van der Waals surface area contributed by atoms with Gasteiger partial charge in [0, 0.05) is 36.7 Å². The fourth-order valence-electron chi connectivity index (χ4n) is 5.69. The van der Waals surface area contributed by atoms with Crippen molar-refractivity contribution in [3.63, 3.8) is 0 Å². The summed E-state index contributed by atoms with van der Waals surface area (Å²) < 4.78 is 89.0. The zero-order chi connectivity index (χ0) is 38.1. The van der Waals surface area contributed by atoms with Crippen molar-refractivity contribution in [2.45, 2.75) is 51.2 Å². The molecule has 3 aromatic heterocycles. The number of hydrogen-bond donors (Lipinski definition) is 2. The molecule has 0 bridgehead atoms. The van der Waals surface area contributed by atoms with Gasteiger partial charge in [-0.3, -0.25) is 13.7 Å². The highest BCUT2D eigenvalue weighted by atomic mass is 35.5. The molecule has 0 unspecified atom stereocenters. The van der Waals surface area contributed by atoms with Crippen LogP contribution in [0.3, 0.4) is 0 Å². The Hall–Kier alpha value is -5.45. The van der Waals surface area contributed by atoms with Crippen LogP contribution in [0.4, 0.5) is 23.2 Å². The molecular weight excluding hydrogens is 740 g/mol. The first-order valence-electron chi connectivity index (χ1n) is 16.0. The third-order valence-corrected chi connectivity index (χ3v) is 9.34. The van der Waals surface area contributed by atoms with E-state index in [2.05, 4.69) is 20.1 Å². The van der Waals surface area contributed by atoms with E-state index >= 15 is 4.39 Å². The van der Waals surface area contributed by atoms with E-state index in [0.717, 1.165) is 16.8 Å². The summed E-state index contributed by atoms with van der Waals surface area (Å²) in [5, 5.41) is 7.84. The first kappa shape index (κ1) is 37.3. The summed E-state index contributed by atoms with van der Waals surface area (Å²) in [7, 11) is -4.02. The number of aromatic nitrogens is 4. The molecule has 0 spiro atoms. The van der Waals surface area contributed by atoms with E-state index in [-0.39, 0.29) is 28.8 Å². The minimum Gasteiger partial charge on any atom is -0.406 e. The standard InChI is InChI=1S/C29H23ClF4N6O2.C7H8O3S/c1-2-23-27(39-15-19(30)4-10-26(39)36-23)28(41)35-12-17-3-9-25(22(31)11-17)40-14-18-13-38(16-24(18)37-40)20-5-7-21(8-6-20)42-29(32,33)34;1-6-2-4-7(5-3-6)11(8,9)10/h3-11,14-15H,2,12-13,16H2,1H3,(H,35,41);2-5H,1H3,(H,8,9,10). The molecule has 1 aliphatic rings. The van der Waals surface area contributed by atoms with Gasteiger partial charge in [-0.15, -0.1) is 13.2 Å². The molecule has 6 aromatic rings. The molecule has 1 aliphatic heterocycles. The van der Waals surface area contributed by atoms with Crippen LogP contribution in [0.25, 0.3) is 11.3 Å². The minimum atomic E-state index is -4.75. The second-order valence-corrected chi connectivity index (χ2v) is 13.9. The van der Waals surface area contributed by atoms with Crippen molar-refractivity contribution >= 4 is 39.0 Å². The van der Waals surface area contributed by atoms with Crippen molar-refractivity contribution in [1.82, 2.24) is 24.5 Å². The van der Waals surface area contributed by atoms with Gasteiger partial charge in [0.05, 0.1) is 27.9 Å². The number of pyridine rings is 1. The van der Waals surface area contributed by atoms with Gasteiger partial charge in [0.1, 0.15) is 28.6 Å². The topological polar surface area (TPSA) is 131 Å². The lowest BCUT2D eigenvalue weighted by atomic mass is 10.2. The Bertz CT molecular complexity index is 2380. The molecule has 17 heteroatoms. The fraction of sp³-hybridized carbons (Fsp3) is 0.194. The van der Waals surface area contributed by atoms with E-state index < -0.39 is 22.3 Å². The van der Waals surface area contributed by atoms with Crippen LogP contribution in [-0.2, 0) is 36.2 Å². The summed E-state index contributed by atoms with van der Waals surface area (Å²) in [5.41, 5.74) is 5.73. The monoisotopic (exact) mass is 770 g/mol. The van der Waals surface area contributed by atoms with E-state index in [4.69, 9.17) is 16.2 Å². The number of nitrogens with one attached hydrogen (secondary N) is 1. The van der Waals surface area contributed by atoms with Crippen LogP contribution >= 0.6 is 11.6 Å². The Morgan fingerprint density at radius 2 is 1.72 bits per heavy atom. The van der Waals surface area contributed by atoms with E-state index in [9.17, 15) is 26.4 Å². The fourth-order valence-corrected chi connectivity index (χ4v) is 6.33. The molecule has 53 heavy (non-hydrogen) atoms. The van der Waals surface area contributed by atoms with Crippen LogP contribution < -0.4 is 15.0 Å². The number of nitrogens with zero attached hydrogens (tertiary/aromatic N) is 5. The van der Waals surface area contributed by atoms with Gasteiger partial charge in [-0.2, -0.15) is 13.5 Å². The Labute approximate surface area is 306 Å². The summed E-state index contributed by atoms with van der Waals surface area (Å²) in [6.45, 7) is 4.74. The normalized spacial score (nSPS) is 12.7. The SMILES string of the molecule is CCc1nc2ccc(Cl)cn2c1C(=O)NCc1ccc(-n2cc3c(n2)CN(c2ccc(OC(F)(F)F)cc2)C3)c(F)c1.Cc1ccc(S(=O)(=O)O)cc1. The highest BCUT2D eigenvalue weighted by Gasteiger charge is 2.31. The highest BCUT2D eigenvalue weighted by Crippen LogP contribution is 2.31. The molecule has 3 aromatic carbocycles. The van der Waals surface area contributed by atoms with E-state index in [1.165, 1.54) is 35.0 Å². The number of imidazole rings is 1. The van der Waals surface area contributed by atoms with Gasteiger partial charge in [-0.25, -0.2) is 14.1 Å². The van der Waals surface area contributed by atoms with Gasteiger partial charge in [0.2, 0.25) is 0 Å². The molecule has 0 aliphatic carbocycles. The lowest BCUT2D eigenvalue weighted by Gasteiger charge is -2.18. The molecular formula is C36H31ClF4N6O5S. The van der Waals surface area contributed by atoms with Gasteiger partial charge in [-0.05, 0) is 79.6 Å². The van der Waals surface area contributed by atoms with Crippen LogP contribution in [0.1, 0.15) is 45.5 Å². The molecule has 2 N–H and O–H groups in total. The molecule has 0 atom stereocenters. The third kappa shape index (κ3) is 8.79. The second kappa shape index (κ2) is 14.9. The van der Waals surface area contributed by atoms with Crippen molar-refractivity contribution < 1.29 is 40.1 Å². The zero-order valence-corrected chi connectivity index (χ0v) is 29.7. The van der Waals surface area contributed by atoms with Gasteiger partial charge < -0.3 is 15.0 Å². The lowest BCUT2D eigenvalue weighted by Crippen LogP contribution is -2.25. The number of amides is 1. The Morgan fingerprint density at radius 1 is 1.00 bits per heavy atom. The second-order valence-electron chi connectivity index (χ2n) is 12.0. The average Bonchev–Trinajstić information content (AvgIpc) is 3.79. The van der Waals surface area contributed by atoms with Crippen LogP contribution in [0.5, 0.6) is 5.75 Å². The van der Waals surface area contributed by atoms with Crippen molar-refractivity contribution in [2.75, 3.05) is 4.90 Å². The van der Waals surface area contributed by atoms with Gasteiger partial charge in [-0.1, -0.05) is 42.3 Å².